The Hall–Kier alpha value is -1.32. The molecule has 1 aromatic rings. The Balaban J connectivity index is 2.35. The summed E-state index contributed by atoms with van der Waals surface area (Å²) in [5.41, 5.74) is 2.11. The van der Waals surface area contributed by atoms with Gasteiger partial charge in [0.05, 0.1) is 24.7 Å². The molecule has 0 amide bonds. The molecule has 0 spiro atoms. The van der Waals surface area contributed by atoms with Gasteiger partial charge in [0.25, 0.3) is 0 Å². The summed E-state index contributed by atoms with van der Waals surface area (Å²) in [6, 6.07) is 0.459. The Kier molecular flexibility index (Phi) is 2.04. The third-order valence-corrected chi connectivity index (χ3v) is 2.21. The summed E-state index contributed by atoms with van der Waals surface area (Å²) in [5.74, 6) is 0.611. The normalized spacial score (nSPS) is 15.5. The topological polar surface area (TPSA) is 47.0 Å². The summed E-state index contributed by atoms with van der Waals surface area (Å²) in [7, 11) is 3.47. The van der Waals surface area contributed by atoms with E-state index in [0.29, 0.717) is 11.9 Å². The van der Waals surface area contributed by atoms with Crippen molar-refractivity contribution in [1.82, 2.24) is 9.97 Å². The molecule has 0 atom stereocenters. The lowest BCUT2D eigenvalue weighted by molar-refractivity contribution is 0.378. The van der Waals surface area contributed by atoms with E-state index in [2.05, 4.69) is 15.3 Å². The van der Waals surface area contributed by atoms with Gasteiger partial charge in [0, 0.05) is 13.0 Å². The molecule has 1 N–H and O–H groups in total. The highest BCUT2D eigenvalue weighted by Crippen LogP contribution is 2.42. The van der Waals surface area contributed by atoms with Gasteiger partial charge in [-0.05, 0) is 12.8 Å². The molecule has 0 unspecified atom stereocenters. The van der Waals surface area contributed by atoms with Crippen molar-refractivity contribution in [2.24, 2.45) is 0 Å². The molecule has 4 heteroatoms. The van der Waals surface area contributed by atoms with E-state index in [1.807, 2.05) is 7.05 Å². The molecule has 1 heterocycles. The van der Waals surface area contributed by atoms with Gasteiger partial charge in [0.1, 0.15) is 0 Å². The van der Waals surface area contributed by atoms with E-state index in [9.17, 15) is 0 Å². The minimum Gasteiger partial charge on any atom is -0.467 e. The fourth-order valence-corrected chi connectivity index (χ4v) is 1.34. The second-order valence-electron chi connectivity index (χ2n) is 3.18. The van der Waals surface area contributed by atoms with Gasteiger partial charge in [-0.15, -0.1) is 0 Å². The van der Waals surface area contributed by atoms with Crippen LogP contribution in [0.2, 0.25) is 0 Å². The van der Waals surface area contributed by atoms with Crippen molar-refractivity contribution in [2.75, 3.05) is 19.5 Å². The highest BCUT2D eigenvalue weighted by molar-refractivity contribution is 5.48. The highest BCUT2D eigenvalue weighted by Gasteiger charge is 2.28. The Labute approximate surface area is 77.4 Å². The predicted octanol–water partition coefficient (Wildman–Crippen LogP) is 1.40. The van der Waals surface area contributed by atoms with Gasteiger partial charge in [-0.25, -0.2) is 4.98 Å². The summed E-state index contributed by atoms with van der Waals surface area (Å²) < 4.78 is 4.98. The lowest BCUT2D eigenvalue weighted by Gasteiger charge is -2.07. The first-order valence-electron chi connectivity index (χ1n) is 4.44. The van der Waals surface area contributed by atoms with E-state index in [1.54, 1.807) is 13.3 Å². The van der Waals surface area contributed by atoms with Crippen LogP contribution >= 0.6 is 0 Å². The summed E-state index contributed by atoms with van der Waals surface area (Å²) >= 11 is 0. The fourth-order valence-electron chi connectivity index (χ4n) is 1.34. The molecule has 0 bridgehead atoms. The first kappa shape index (κ1) is 8.29. The van der Waals surface area contributed by atoms with E-state index in [1.165, 1.54) is 12.8 Å². The SMILES string of the molecule is CNc1cnc(OC)nc1C1CC1. The van der Waals surface area contributed by atoms with E-state index < -0.39 is 0 Å². The zero-order valence-corrected chi connectivity index (χ0v) is 7.87. The van der Waals surface area contributed by atoms with Gasteiger partial charge in [-0.1, -0.05) is 0 Å². The molecule has 0 aromatic carbocycles. The molecule has 1 fully saturated rings. The quantitative estimate of drug-likeness (QED) is 0.762. The Morgan fingerprint density at radius 2 is 2.31 bits per heavy atom. The number of ether oxygens (including phenoxy) is 1. The first-order valence-corrected chi connectivity index (χ1v) is 4.44. The van der Waals surface area contributed by atoms with Crippen LogP contribution in [-0.4, -0.2) is 24.1 Å². The lowest BCUT2D eigenvalue weighted by Crippen LogP contribution is -2.01. The molecular formula is C9H13N3O. The van der Waals surface area contributed by atoms with Crippen molar-refractivity contribution < 1.29 is 4.74 Å². The summed E-state index contributed by atoms with van der Waals surface area (Å²) in [5, 5.41) is 3.09. The van der Waals surface area contributed by atoms with Crippen LogP contribution in [0.25, 0.3) is 0 Å². The van der Waals surface area contributed by atoms with Gasteiger partial charge in [-0.2, -0.15) is 4.98 Å². The minimum absolute atomic E-state index is 0.459. The molecule has 4 nitrogen and oxygen atoms in total. The smallest absolute Gasteiger partial charge is 0.316 e. The van der Waals surface area contributed by atoms with Crippen LogP contribution in [0.1, 0.15) is 24.5 Å². The first-order chi connectivity index (χ1) is 6.35. The number of nitrogens with one attached hydrogen (secondary N) is 1. The maximum absolute atomic E-state index is 4.98. The summed E-state index contributed by atoms with van der Waals surface area (Å²) in [4.78, 5) is 8.37. The van der Waals surface area contributed by atoms with Gasteiger partial charge in [0.15, 0.2) is 0 Å². The number of hydrogen-bond acceptors (Lipinski definition) is 4. The third kappa shape index (κ3) is 1.56. The van der Waals surface area contributed by atoms with Crippen LogP contribution in [0, 0.1) is 0 Å². The number of anilines is 1. The van der Waals surface area contributed by atoms with Gasteiger partial charge in [0.2, 0.25) is 0 Å². The number of nitrogens with zero attached hydrogens (tertiary/aromatic N) is 2. The predicted molar refractivity (Wildman–Crippen MR) is 50.1 cm³/mol. The Bertz CT molecular complexity index is 310. The minimum atomic E-state index is 0.459. The average molecular weight is 179 g/mol. The second-order valence-corrected chi connectivity index (χ2v) is 3.18. The number of rotatable bonds is 3. The molecule has 0 radical (unpaired) electrons. The Morgan fingerprint density at radius 3 is 2.85 bits per heavy atom. The zero-order valence-electron chi connectivity index (χ0n) is 7.87. The maximum Gasteiger partial charge on any atom is 0.316 e. The third-order valence-electron chi connectivity index (χ3n) is 2.21. The zero-order chi connectivity index (χ0) is 9.26. The van der Waals surface area contributed by atoms with Crippen LogP contribution in [0.15, 0.2) is 6.20 Å². The maximum atomic E-state index is 4.98. The van der Waals surface area contributed by atoms with Crippen molar-refractivity contribution in [3.05, 3.63) is 11.9 Å². The fraction of sp³-hybridized carbons (Fsp3) is 0.556. The second kappa shape index (κ2) is 3.20. The van der Waals surface area contributed by atoms with Gasteiger partial charge in [-0.3, -0.25) is 0 Å². The van der Waals surface area contributed by atoms with Crippen molar-refractivity contribution in [3.8, 4) is 6.01 Å². The van der Waals surface area contributed by atoms with Crippen LogP contribution in [0.5, 0.6) is 6.01 Å². The average Bonchev–Trinajstić information content (AvgIpc) is 3.00. The number of aromatic nitrogens is 2. The standard InChI is InChI=1S/C9H13N3O/c1-10-7-5-11-9(13-2)12-8(7)6-3-4-6/h5-6,10H,3-4H2,1-2H3. The van der Waals surface area contributed by atoms with Crippen molar-refractivity contribution in [2.45, 2.75) is 18.8 Å². The highest BCUT2D eigenvalue weighted by atomic mass is 16.5. The molecule has 1 aliphatic carbocycles. The van der Waals surface area contributed by atoms with Gasteiger partial charge >= 0.3 is 6.01 Å². The van der Waals surface area contributed by atoms with Crippen molar-refractivity contribution in [1.29, 1.82) is 0 Å². The molecule has 0 aliphatic heterocycles. The van der Waals surface area contributed by atoms with E-state index in [4.69, 9.17) is 4.74 Å². The molecule has 70 valence electrons. The molecule has 0 saturated heterocycles. The molecular weight excluding hydrogens is 166 g/mol. The lowest BCUT2D eigenvalue weighted by atomic mass is 10.2. The summed E-state index contributed by atoms with van der Waals surface area (Å²) in [6.07, 6.45) is 4.24. The molecule has 1 saturated carbocycles. The molecule has 13 heavy (non-hydrogen) atoms. The largest absolute Gasteiger partial charge is 0.467 e. The summed E-state index contributed by atoms with van der Waals surface area (Å²) in [6.45, 7) is 0. The van der Waals surface area contributed by atoms with Crippen LogP contribution in [0.4, 0.5) is 5.69 Å². The van der Waals surface area contributed by atoms with Gasteiger partial charge < -0.3 is 10.1 Å². The van der Waals surface area contributed by atoms with E-state index in [0.717, 1.165) is 11.4 Å². The molecule has 1 aliphatic rings. The van der Waals surface area contributed by atoms with Crippen molar-refractivity contribution in [3.63, 3.8) is 0 Å². The van der Waals surface area contributed by atoms with E-state index >= 15 is 0 Å². The van der Waals surface area contributed by atoms with Crippen molar-refractivity contribution >= 4 is 5.69 Å². The number of methoxy groups -OCH3 is 1. The monoisotopic (exact) mass is 179 g/mol. The molecule has 2 rings (SSSR count). The molecule has 1 aromatic heterocycles. The van der Waals surface area contributed by atoms with Crippen LogP contribution in [-0.2, 0) is 0 Å². The number of hydrogen-bond donors (Lipinski definition) is 1. The van der Waals surface area contributed by atoms with Crippen LogP contribution < -0.4 is 10.1 Å². The Morgan fingerprint density at radius 1 is 1.54 bits per heavy atom. The van der Waals surface area contributed by atoms with Crippen LogP contribution in [0.3, 0.4) is 0 Å². The van der Waals surface area contributed by atoms with E-state index in [-0.39, 0.29) is 0 Å².